The maximum absolute atomic E-state index is 6.33. The molecule has 1 N–H and O–H groups in total. The average molecular weight is 401 g/mol. The van der Waals surface area contributed by atoms with Gasteiger partial charge < -0.3 is 19.4 Å². The third-order valence-electron chi connectivity index (χ3n) is 3.95. The normalized spacial score (nSPS) is 10.4. The van der Waals surface area contributed by atoms with Crippen LogP contribution in [-0.2, 0) is 13.1 Å². The van der Waals surface area contributed by atoms with Crippen molar-refractivity contribution in [1.29, 1.82) is 0 Å². The van der Waals surface area contributed by atoms with Gasteiger partial charge in [0.15, 0.2) is 5.11 Å². The van der Waals surface area contributed by atoms with Gasteiger partial charge in [-0.15, -0.1) is 0 Å². The van der Waals surface area contributed by atoms with E-state index in [1.807, 2.05) is 72.5 Å². The topological polar surface area (TPSA) is 37.6 Å². The second kappa shape index (κ2) is 9.44. The fraction of sp³-hybridized carbons (Fsp3) is 0.190. The molecule has 0 aliphatic rings. The molecule has 2 aromatic carbocycles. The van der Waals surface area contributed by atoms with Crippen LogP contribution >= 0.6 is 23.8 Å². The highest BCUT2D eigenvalue weighted by atomic mass is 35.5. The van der Waals surface area contributed by atoms with Crippen molar-refractivity contribution in [2.75, 3.05) is 11.9 Å². The molecule has 0 atom stereocenters. The van der Waals surface area contributed by atoms with Crippen LogP contribution in [0.2, 0.25) is 5.02 Å². The van der Waals surface area contributed by atoms with Crippen LogP contribution in [0.3, 0.4) is 0 Å². The van der Waals surface area contributed by atoms with Crippen molar-refractivity contribution in [2.45, 2.75) is 20.0 Å². The maximum Gasteiger partial charge on any atom is 0.174 e. The summed E-state index contributed by atoms with van der Waals surface area (Å²) in [5.74, 6) is 1.66. The maximum atomic E-state index is 6.33. The molecule has 1 aromatic heterocycles. The number of hydrogen-bond donors (Lipinski definition) is 1. The van der Waals surface area contributed by atoms with Crippen molar-refractivity contribution in [3.8, 4) is 5.75 Å². The lowest BCUT2D eigenvalue weighted by Crippen LogP contribution is -2.33. The van der Waals surface area contributed by atoms with E-state index in [2.05, 4.69) is 5.32 Å². The first-order chi connectivity index (χ1) is 13.2. The Labute approximate surface area is 169 Å². The monoisotopic (exact) mass is 400 g/mol. The lowest BCUT2D eigenvalue weighted by molar-refractivity contribution is 0.340. The number of thiocarbonyl (C=S) groups is 1. The summed E-state index contributed by atoms with van der Waals surface area (Å²) < 4.78 is 11.0. The van der Waals surface area contributed by atoms with Crippen molar-refractivity contribution < 1.29 is 9.15 Å². The lowest BCUT2D eigenvalue weighted by atomic mass is 10.2. The van der Waals surface area contributed by atoms with Gasteiger partial charge in [0.25, 0.3) is 0 Å². The molecule has 3 rings (SSSR count). The first-order valence-electron chi connectivity index (χ1n) is 8.70. The summed E-state index contributed by atoms with van der Waals surface area (Å²) in [7, 11) is 0. The Morgan fingerprint density at radius 3 is 2.52 bits per heavy atom. The van der Waals surface area contributed by atoms with E-state index in [0.717, 1.165) is 22.8 Å². The molecule has 6 heteroatoms. The predicted molar refractivity (Wildman–Crippen MR) is 113 cm³/mol. The molecule has 0 unspecified atom stereocenters. The zero-order valence-electron chi connectivity index (χ0n) is 15.0. The molecule has 27 heavy (non-hydrogen) atoms. The number of anilines is 1. The molecule has 4 nitrogen and oxygen atoms in total. The Bertz CT molecular complexity index is 866. The SMILES string of the molecule is CCOc1ccc(NC(=S)N(Cc2ccco2)Cc2ccccc2Cl)cc1. The Hall–Kier alpha value is -2.50. The van der Waals surface area contributed by atoms with E-state index in [9.17, 15) is 0 Å². The Morgan fingerprint density at radius 2 is 1.85 bits per heavy atom. The summed E-state index contributed by atoms with van der Waals surface area (Å²) in [6, 6.07) is 19.3. The first-order valence-corrected chi connectivity index (χ1v) is 9.49. The van der Waals surface area contributed by atoms with Crippen LogP contribution in [0.5, 0.6) is 5.75 Å². The third-order valence-corrected chi connectivity index (χ3v) is 4.68. The van der Waals surface area contributed by atoms with E-state index in [1.165, 1.54) is 0 Å². The van der Waals surface area contributed by atoms with Crippen LogP contribution in [0.4, 0.5) is 5.69 Å². The zero-order chi connectivity index (χ0) is 19.1. The highest BCUT2D eigenvalue weighted by Gasteiger charge is 2.14. The molecular weight excluding hydrogens is 380 g/mol. The van der Waals surface area contributed by atoms with Gasteiger partial charge in [-0.1, -0.05) is 29.8 Å². The second-order valence-corrected chi connectivity index (χ2v) is 6.71. The fourth-order valence-electron chi connectivity index (χ4n) is 2.63. The standard InChI is InChI=1S/C21H21ClN2O2S/c1-2-25-18-11-9-17(10-12-18)23-21(27)24(15-19-7-5-13-26-19)14-16-6-3-4-8-20(16)22/h3-13H,2,14-15H2,1H3,(H,23,27). The number of ether oxygens (including phenoxy) is 1. The summed E-state index contributed by atoms with van der Waals surface area (Å²) in [6.45, 7) is 3.72. The predicted octanol–water partition coefficient (Wildman–Crippen LogP) is 5.73. The Morgan fingerprint density at radius 1 is 1.07 bits per heavy atom. The summed E-state index contributed by atoms with van der Waals surface area (Å²) >= 11 is 12.0. The molecule has 0 aliphatic carbocycles. The summed E-state index contributed by atoms with van der Waals surface area (Å²) in [5.41, 5.74) is 1.90. The van der Waals surface area contributed by atoms with E-state index in [-0.39, 0.29) is 0 Å². The van der Waals surface area contributed by atoms with Crippen LogP contribution in [0.25, 0.3) is 0 Å². The van der Waals surface area contributed by atoms with Crippen molar-refractivity contribution in [3.05, 3.63) is 83.3 Å². The minimum Gasteiger partial charge on any atom is -0.494 e. The van der Waals surface area contributed by atoms with Gasteiger partial charge >= 0.3 is 0 Å². The van der Waals surface area contributed by atoms with Crippen molar-refractivity contribution in [3.63, 3.8) is 0 Å². The van der Waals surface area contributed by atoms with Crippen LogP contribution in [0, 0.1) is 0 Å². The number of halogens is 1. The van der Waals surface area contributed by atoms with Gasteiger partial charge in [-0.25, -0.2) is 0 Å². The third kappa shape index (κ3) is 5.49. The Balaban J connectivity index is 1.74. The smallest absolute Gasteiger partial charge is 0.174 e. The first kappa shape index (κ1) is 19.3. The largest absolute Gasteiger partial charge is 0.494 e. The number of furan rings is 1. The molecular formula is C21H21ClN2O2S. The van der Waals surface area contributed by atoms with Gasteiger partial charge in [-0.05, 0) is 67.2 Å². The molecule has 0 aliphatic heterocycles. The number of nitrogens with one attached hydrogen (secondary N) is 1. The van der Waals surface area contributed by atoms with Gasteiger partial charge in [0.2, 0.25) is 0 Å². The van der Waals surface area contributed by atoms with Gasteiger partial charge in [0.1, 0.15) is 11.5 Å². The second-order valence-electron chi connectivity index (χ2n) is 5.91. The number of hydrogen-bond acceptors (Lipinski definition) is 3. The van der Waals surface area contributed by atoms with E-state index >= 15 is 0 Å². The van der Waals surface area contributed by atoms with E-state index in [1.54, 1.807) is 6.26 Å². The average Bonchev–Trinajstić information content (AvgIpc) is 3.18. The quantitative estimate of drug-likeness (QED) is 0.512. The zero-order valence-corrected chi connectivity index (χ0v) is 16.6. The summed E-state index contributed by atoms with van der Waals surface area (Å²) in [4.78, 5) is 2.02. The minimum atomic E-state index is 0.543. The van der Waals surface area contributed by atoms with Gasteiger partial charge in [0.05, 0.1) is 19.4 Å². The summed E-state index contributed by atoms with van der Waals surface area (Å²) in [6.07, 6.45) is 1.66. The molecule has 0 saturated heterocycles. The highest BCUT2D eigenvalue weighted by Crippen LogP contribution is 2.21. The van der Waals surface area contributed by atoms with Gasteiger partial charge in [-0.3, -0.25) is 0 Å². The molecule has 0 radical (unpaired) electrons. The van der Waals surface area contributed by atoms with Crippen LogP contribution < -0.4 is 10.1 Å². The minimum absolute atomic E-state index is 0.543. The number of rotatable bonds is 7. The molecule has 0 amide bonds. The lowest BCUT2D eigenvalue weighted by Gasteiger charge is -2.25. The van der Waals surface area contributed by atoms with E-state index in [4.69, 9.17) is 33.0 Å². The molecule has 0 bridgehead atoms. The fourth-order valence-corrected chi connectivity index (χ4v) is 3.07. The number of nitrogens with zero attached hydrogens (tertiary/aromatic N) is 1. The van der Waals surface area contributed by atoms with E-state index in [0.29, 0.717) is 29.8 Å². The van der Waals surface area contributed by atoms with Crippen LogP contribution in [0.15, 0.2) is 71.3 Å². The number of benzene rings is 2. The highest BCUT2D eigenvalue weighted by molar-refractivity contribution is 7.80. The molecule has 0 fully saturated rings. The molecule has 0 saturated carbocycles. The van der Waals surface area contributed by atoms with Crippen molar-refractivity contribution in [2.24, 2.45) is 0 Å². The van der Waals surface area contributed by atoms with Crippen molar-refractivity contribution in [1.82, 2.24) is 4.90 Å². The molecule has 3 aromatic rings. The van der Waals surface area contributed by atoms with E-state index < -0.39 is 0 Å². The van der Waals surface area contributed by atoms with Crippen LogP contribution in [0.1, 0.15) is 18.2 Å². The molecule has 1 heterocycles. The molecule has 140 valence electrons. The Kier molecular flexibility index (Phi) is 6.74. The molecule has 0 spiro atoms. The van der Waals surface area contributed by atoms with Gasteiger partial charge in [0, 0.05) is 17.3 Å². The van der Waals surface area contributed by atoms with Crippen LogP contribution in [-0.4, -0.2) is 16.6 Å². The summed E-state index contributed by atoms with van der Waals surface area (Å²) in [5, 5.41) is 4.59. The van der Waals surface area contributed by atoms with Crippen molar-refractivity contribution >= 4 is 34.6 Å². The van der Waals surface area contributed by atoms with Gasteiger partial charge in [-0.2, -0.15) is 0 Å².